The molecule has 2 atom stereocenters. The fourth-order valence-electron chi connectivity index (χ4n) is 3.20. The van der Waals surface area contributed by atoms with Crippen molar-refractivity contribution in [2.45, 2.75) is 42.4 Å². The average molecular weight is 307 g/mol. The van der Waals surface area contributed by atoms with Crippen LogP contribution in [0.15, 0.2) is 29.2 Å². The number of carbonyl (C=O) groups is 2. The van der Waals surface area contributed by atoms with Crippen molar-refractivity contribution in [3.63, 3.8) is 0 Å². The largest absolute Gasteiger partial charge is 0.337 e. The second kappa shape index (κ2) is 4.94. The lowest BCUT2D eigenvalue weighted by Crippen LogP contribution is -2.54. The molecule has 5 nitrogen and oxygen atoms in total. The Labute approximate surface area is 123 Å². The van der Waals surface area contributed by atoms with E-state index in [1.807, 2.05) is 6.92 Å². The van der Waals surface area contributed by atoms with Gasteiger partial charge in [-0.2, -0.15) is 0 Å². The highest BCUT2D eigenvalue weighted by molar-refractivity contribution is 7.92. The van der Waals surface area contributed by atoms with Gasteiger partial charge >= 0.3 is 0 Å². The van der Waals surface area contributed by atoms with Crippen molar-refractivity contribution in [1.82, 2.24) is 4.90 Å². The van der Waals surface area contributed by atoms with E-state index in [1.165, 1.54) is 12.1 Å². The first-order valence-corrected chi connectivity index (χ1v) is 8.58. The molecule has 2 saturated heterocycles. The summed E-state index contributed by atoms with van der Waals surface area (Å²) in [6.45, 7) is 2.22. The monoisotopic (exact) mass is 307 g/mol. The number of hydrogen-bond donors (Lipinski definition) is 0. The van der Waals surface area contributed by atoms with Crippen LogP contribution in [0.3, 0.4) is 0 Å². The van der Waals surface area contributed by atoms with Gasteiger partial charge in [0.2, 0.25) is 5.91 Å². The Hall–Kier alpha value is -1.69. The van der Waals surface area contributed by atoms with Crippen LogP contribution in [0.2, 0.25) is 0 Å². The molecule has 2 heterocycles. The lowest BCUT2D eigenvalue weighted by atomic mass is 10.0. The van der Waals surface area contributed by atoms with Crippen LogP contribution >= 0.6 is 0 Å². The van der Waals surface area contributed by atoms with Gasteiger partial charge < -0.3 is 4.90 Å². The van der Waals surface area contributed by atoms with E-state index in [0.717, 1.165) is 5.56 Å². The summed E-state index contributed by atoms with van der Waals surface area (Å²) in [5.41, 5.74) is 0.960. The van der Waals surface area contributed by atoms with Crippen molar-refractivity contribution in [3.05, 3.63) is 29.8 Å². The minimum atomic E-state index is -3.75. The smallest absolute Gasteiger partial charge is 0.222 e. The maximum Gasteiger partial charge on any atom is 0.222 e. The fourth-order valence-corrected chi connectivity index (χ4v) is 5.17. The van der Waals surface area contributed by atoms with Gasteiger partial charge in [0.1, 0.15) is 5.25 Å². The predicted octanol–water partition coefficient (Wildman–Crippen LogP) is 1.10. The van der Waals surface area contributed by atoms with E-state index in [1.54, 1.807) is 17.0 Å². The first kappa shape index (κ1) is 14.3. The maximum atomic E-state index is 12.8. The summed E-state index contributed by atoms with van der Waals surface area (Å²) in [6, 6.07) is 6.02. The number of nitrogens with zero attached hydrogens (tertiary/aromatic N) is 1. The van der Waals surface area contributed by atoms with Gasteiger partial charge in [-0.1, -0.05) is 17.7 Å². The van der Waals surface area contributed by atoms with E-state index in [4.69, 9.17) is 0 Å². The molecule has 0 N–H and O–H groups in total. The number of hydrogen-bond acceptors (Lipinski definition) is 4. The zero-order valence-corrected chi connectivity index (χ0v) is 12.6. The molecule has 1 amide bonds. The molecule has 0 saturated carbocycles. The highest BCUT2D eigenvalue weighted by atomic mass is 32.2. The second-order valence-corrected chi connectivity index (χ2v) is 7.76. The van der Waals surface area contributed by atoms with Crippen LogP contribution in [0.4, 0.5) is 0 Å². The number of carbonyl (C=O) groups excluding carboxylic acids is 2. The minimum absolute atomic E-state index is 0.0448. The Morgan fingerprint density at radius 3 is 2.43 bits per heavy atom. The zero-order valence-electron chi connectivity index (χ0n) is 11.8. The summed E-state index contributed by atoms with van der Waals surface area (Å²) in [5.74, 6) is -0.317. The molecule has 0 bridgehead atoms. The third kappa shape index (κ3) is 2.27. The lowest BCUT2D eigenvalue weighted by molar-refractivity contribution is -0.132. The molecule has 21 heavy (non-hydrogen) atoms. The molecule has 0 radical (unpaired) electrons. The van der Waals surface area contributed by atoms with Gasteiger partial charge in [-0.3, -0.25) is 9.59 Å². The fraction of sp³-hybridized carbons (Fsp3) is 0.467. The molecule has 2 aliphatic heterocycles. The summed E-state index contributed by atoms with van der Waals surface area (Å²) >= 11 is 0. The summed E-state index contributed by atoms with van der Waals surface area (Å²) in [6.07, 6.45) is 0.899. The highest BCUT2D eigenvalue weighted by Crippen LogP contribution is 2.33. The van der Waals surface area contributed by atoms with Crippen LogP contribution in [0, 0.1) is 6.92 Å². The van der Waals surface area contributed by atoms with Crippen LogP contribution in [-0.4, -0.2) is 42.8 Å². The van der Waals surface area contributed by atoms with Gasteiger partial charge in [-0.05, 0) is 25.5 Å². The number of piperidine rings is 1. The van der Waals surface area contributed by atoms with Gasteiger partial charge in [0.25, 0.3) is 0 Å². The van der Waals surface area contributed by atoms with Gasteiger partial charge in [-0.15, -0.1) is 0 Å². The van der Waals surface area contributed by atoms with E-state index < -0.39 is 21.1 Å². The van der Waals surface area contributed by atoms with Gasteiger partial charge in [0.05, 0.1) is 10.9 Å². The SMILES string of the molecule is Cc1ccc(S(=O)(=O)[C@@H]2C(=O)CCN3C(=O)CC[C@@H]23)cc1. The average Bonchev–Trinajstić information content (AvgIpc) is 2.80. The quantitative estimate of drug-likeness (QED) is 0.820. The third-order valence-corrected chi connectivity index (χ3v) is 6.50. The first-order valence-electron chi connectivity index (χ1n) is 7.04. The van der Waals surface area contributed by atoms with Gasteiger partial charge in [-0.25, -0.2) is 8.42 Å². The van der Waals surface area contributed by atoms with Crippen LogP contribution in [-0.2, 0) is 19.4 Å². The molecule has 1 aromatic rings. The molecule has 112 valence electrons. The van der Waals surface area contributed by atoms with Crippen molar-refractivity contribution in [2.75, 3.05) is 6.54 Å². The predicted molar refractivity (Wildman–Crippen MR) is 76.5 cm³/mol. The number of ketones is 1. The van der Waals surface area contributed by atoms with Crippen molar-refractivity contribution in [1.29, 1.82) is 0 Å². The number of aryl methyl sites for hydroxylation is 1. The Morgan fingerprint density at radius 2 is 1.76 bits per heavy atom. The zero-order chi connectivity index (χ0) is 15.2. The van der Waals surface area contributed by atoms with E-state index in [2.05, 4.69) is 0 Å². The van der Waals surface area contributed by atoms with E-state index in [9.17, 15) is 18.0 Å². The number of sulfone groups is 1. The summed E-state index contributed by atoms with van der Waals surface area (Å²) in [4.78, 5) is 25.7. The van der Waals surface area contributed by atoms with Gasteiger partial charge in [0.15, 0.2) is 15.6 Å². The molecule has 0 unspecified atom stereocenters. The summed E-state index contributed by atoms with van der Waals surface area (Å²) in [5, 5.41) is -1.11. The molecule has 2 fully saturated rings. The van der Waals surface area contributed by atoms with Gasteiger partial charge in [0, 0.05) is 19.4 Å². The number of Topliss-reactive ketones (excluding diaryl/α,β-unsaturated/α-hetero) is 1. The van der Waals surface area contributed by atoms with Crippen molar-refractivity contribution >= 4 is 21.5 Å². The Balaban J connectivity index is 2.02. The molecule has 3 rings (SSSR count). The number of rotatable bonds is 2. The normalized spacial score (nSPS) is 26.0. The summed E-state index contributed by atoms with van der Waals surface area (Å²) in [7, 11) is -3.75. The van der Waals surface area contributed by atoms with Crippen LogP contribution in [0.5, 0.6) is 0 Å². The molecule has 2 aliphatic rings. The van der Waals surface area contributed by atoms with Crippen LogP contribution in [0.25, 0.3) is 0 Å². The molecule has 6 heteroatoms. The third-order valence-electron chi connectivity index (χ3n) is 4.32. The van der Waals surface area contributed by atoms with E-state index >= 15 is 0 Å². The lowest BCUT2D eigenvalue weighted by Gasteiger charge is -2.35. The van der Waals surface area contributed by atoms with E-state index in [0.29, 0.717) is 19.4 Å². The van der Waals surface area contributed by atoms with Crippen molar-refractivity contribution < 1.29 is 18.0 Å². The number of amides is 1. The topological polar surface area (TPSA) is 71.5 Å². The number of benzene rings is 1. The molecule has 0 aliphatic carbocycles. The minimum Gasteiger partial charge on any atom is -0.337 e. The molecule has 0 aromatic heterocycles. The first-order chi connectivity index (χ1) is 9.91. The molecular formula is C15H17NO4S. The van der Waals surface area contributed by atoms with E-state index in [-0.39, 0.29) is 23.0 Å². The standard InChI is InChI=1S/C15H17NO4S/c1-10-2-4-11(5-3-10)21(19,20)15-12-6-7-14(18)16(12)9-8-13(15)17/h2-5,12,15H,6-9H2,1H3/t12-,15-/m0/s1. The molecular weight excluding hydrogens is 290 g/mol. The van der Waals surface area contributed by atoms with Crippen LogP contribution < -0.4 is 0 Å². The summed E-state index contributed by atoms with van der Waals surface area (Å²) < 4.78 is 25.6. The highest BCUT2D eigenvalue weighted by Gasteiger charge is 2.49. The Morgan fingerprint density at radius 1 is 1.10 bits per heavy atom. The number of fused-ring (bicyclic) bond motifs is 1. The van der Waals surface area contributed by atoms with Crippen molar-refractivity contribution in [3.8, 4) is 0 Å². The van der Waals surface area contributed by atoms with Crippen LogP contribution in [0.1, 0.15) is 24.8 Å². The Kier molecular flexibility index (Phi) is 3.36. The second-order valence-electron chi connectivity index (χ2n) is 5.69. The van der Waals surface area contributed by atoms with Crippen molar-refractivity contribution in [2.24, 2.45) is 0 Å². The molecule has 0 spiro atoms. The Bertz CT molecular complexity index is 693. The molecule has 1 aromatic carbocycles. The maximum absolute atomic E-state index is 12.8.